The molecule has 0 saturated carbocycles. The molecular formula is C29H36N2O5S2. The van der Waals surface area contributed by atoms with Crippen molar-refractivity contribution in [1.82, 2.24) is 5.32 Å². The number of carbonyl (C=O) groups excluding carboxylic acids is 1. The van der Waals surface area contributed by atoms with Crippen LogP contribution in [0.3, 0.4) is 0 Å². The zero-order valence-corrected chi connectivity index (χ0v) is 24.1. The van der Waals surface area contributed by atoms with Gasteiger partial charge in [-0.25, -0.2) is 8.42 Å². The monoisotopic (exact) mass is 556 g/mol. The molecule has 204 valence electrons. The highest BCUT2D eigenvalue weighted by Crippen LogP contribution is 2.33. The molecule has 0 aliphatic rings. The second-order valence-electron chi connectivity index (χ2n) is 9.11. The third-order valence-corrected chi connectivity index (χ3v) is 8.45. The van der Waals surface area contributed by atoms with Crippen LogP contribution in [-0.2, 0) is 14.8 Å². The number of nitrogens with zero attached hydrogens (tertiary/aromatic N) is 1. The number of benzene rings is 3. The number of nitrogens with one attached hydrogen (secondary N) is 1. The van der Waals surface area contributed by atoms with Gasteiger partial charge in [0.1, 0.15) is 18.0 Å². The second kappa shape index (κ2) is 13.6. The number of ether oxygens (including phenoxy) is 2. The molecule has 1 unspecified atom stereocenters. The first-order chi connectivity index (χ1) is 18.2. The van der Waals surface area contributed by atoms with E-state index in [1.54, 1.807) is 55.6 Å². The molecule has 0 spiro atoms. The van der Waals surface area contributed by atoms with Crippen molar-refractivity contribution in [3.63, 3.8) is 0 Å². The third-order valence-electron chi connectivity index (χ3n) is 5.93. The Bertz CT molecular complexity index is 1290. The van der Waals surface area contributed by atoms with Crippen LogP contribution in [0.5, 0.6) is 11.5 Å². The van der Waals surface area contributed by atoms with Crippen molar-refractivity contribution >= 4 is 33.4 Å². The molecule has 7 nitrogen and oxygen atoms in total. The third kappa shape index (κ3) is 7.45. The molecule has 0 aliphatic heterocycles. The van der Waals surface area contributed by atoms with Crippen molar-refractivity contribution in [2.24, 2.45) is 5.92 Å². The Morgan fingerprint density at radius 1 is 1.00 bits per heavy atom. The fourth-order valence-corrected chi connectivity index (χ4v) is 5.91. The Labute approximate surface area is 230 Å². The molecule has 0 aliphatic carbocycles. The quantitative estimate of drug-likeness (QED) is 0.263. The lowest BCUT2D eigenvalue weighted by molar-refractivity contribution is -0.120. The Hall–Kier alpha value is -3.17. The number of anilines is 1. The zero-order valence-electron chi connectivity index (χ0n) is 22.5. The van der Waals surface area contributed by atoms with Gasteiger partial charge in [-0.3, -0.25) is 9.10 Å². The van der Waals surface area contributed by atoms with E-state index in [0.29, 0.717) is 30.4 Å². The molecule has 3 aromatic rings. The van der Waals surface area contributed by atoms with Gasteiger partial charge in [0.05, 0.1) is 30.3 Å². The molecule has 0 aromatic heterocycles. The molecule has 0 bridgehead atoms. The number of methoxy groups -OCH3 is 1. The average Bonchev–Trinajstić information content (AvgIpc) is 2.92. The Morgan fingerprint density at radius 3 is 2.24 bits per heavy atom. The van der Waals surface area contributed by atoms with Crippen molar-refractivity contribution < 1.29 is 22.7 Å². The van der Waals surface area contributed by atoms with Crippen LogP contribution in [0.2, 0.25) is 0 Å². The van der Waals surface area contributed by atoms with Crippen LogP contribution in [0.15, 0.2) is 82.6 Å². The lowest BCUT2D eigenvalue weighted by Crippen LogP contribution is -2.42. The lowest BCUT2D eigenvalue weighted by Gasteiger charge is -2.28. The van der Waals surface area contributed by atoms with Crippen molar-refractivity contribution in [3.05, 3.63) is 78.4 Å². The number of hydrogen-bond donors (Lipinski definition) is 1. The van der Waals surface area contributed by atoms with Gasteiger partial charge in [0.25, 0.3) is 10.0 Å². The summed E-state index contributed by atoms with van der Waals surface area (Å²) in [5.74, 6) is 1.000. The minimum Gasteiger partial charge on any atom is -0.497 e. The number of thioether (sulfide) groups is 1. The minimum absolute atomic E-state index is 0.100. The summed E-state index contributed by atoms with van der Waals surface area (Å²) in [4.78, 5) is 14.5. The van der Waals surface area contributed by atoms with Gasteiger partial charge in [-0.15, -0.1) is 11.8 Å². The van der Waals surface area contributed by atoms with Gasteiger partial charge < -0.3 is 14.8 Å². The number of sulfonamides is 1. The summed E-state index contributed by atoms with van der Waals surface area (Å²) in [5.41, 5.74) is 1.23. The molecule has 0 radical (unpaired) electrons. The maximum atomic E-state index is 13.9. The maximum absolute atomic E-state index is 13.9. The van der Waals surface area contributed by atoms with Crippen molar-refractivity contribution in [2.75, 3.05) is 30.8 Å². The molecule has 1 atom stereocenters. The largest absolute Gasteiger partial charge is 0.497 e. The van der Waals surface area contributed by atoms with Crippen molar-refractivity contribution in [3.8, 4) is 11.5 Å². The first kappa shape index (κ1) is 29.4. The summed E-state index contributed by atoms with van der Waals surface area (Å²) in [7, 11) is -2.48. The SMILES string of the molecule is CCOc1ccccc1N(CC(=O)NC(CC(C)C)c1ccc(OC)cc1)S(=O)(=O)c1ccc(SC)cc1. The predicted octanol–water partition coefficient (Wildman–Crippen LogP) is 5.91. The summed E-state index contributed by atoms with van der Waals surface area (Å²) in [6.45, 7) is 5.94. The molecule has 0 saturated heterocycles. The number of amides is 1. The number of rotatable bonds is 13. The molecule has 38 heavy (non-hydrogen) atoms. The van der Waals surface area contributed by atoms with E-state index in [-0.39, 0.29) is 10.9 Å². The molecule has 0 fully saturated rings. The molecule has 1 amide bonds. The van der Waals surface area contributed by atoms with Gasteiger partial charge in [0.2, 0.25) is 5.91 Å². The van der Waals surface area contributed by atoms with Crippen LogP contribution in [-0.4, -0.2) is 40.8 Å². The Morgan fingerprint density at radius 2 is 1.66 bits per heavy atom. The first-order valence-electron chi connectivity index (χ1n) is 12.5. The standard InChI is InChI=1S/C29H36N2O5S2/c1-6-36-28-10-8-7-9-27(28)31(38(33,34)25-17-15-24(37-5)16-18-25)20-29(32)30-26(19-21(2)3)22-11-13-23(35-4)14-12-22/h7-18,21,26H,6,19-20H2,1-5H3,(H,30,32). The van der Waals surface area contributed by atoms with Gasteiger partial charge >= 0.3 is 0 Å². The fourth-order valence-electron chi connectivity index (χ4n) is 4.07. The molecule has 9 heteroatoms. The topological polar surface area (TPSA) is 84.9 Å². The molecule has 3 rings (SSSR count). The van der Waals surface area contributed by atoms with E-state index >= 15 is 0 Å². The van der Waals surface area contributed by atoms with Crippen LogP contribution in [0, 0.1) is 5.92 Å². The van der Waals surface area contributed by atoms with E-state index in [2.05, 4.69) is 19.2 Å². The summed E-state index contributed by atoms with van der Waals surface area (Å²) in [6.07, 6.45) is 2.62. The number of para-hydroxylation sites is 2. The molecule has 1 N–H and O–H groups in total. The van der Waals surface area contributed by atoms with Gasteiger partial charge in [-0.1, -0.05) is 38.1 Å². The van der Waals surface area contributed by atoms with E-state index < -0.39 is 22.5 Å². The van der Waals surface area contributed by atoms with Crippen molar-refractivity contribution in [2.45, 2.75) is 43.0 Å². The summed E-state index contributed by atoms with van der Waals surface area (Å²) >= 11 is 1.52. The second-order valence-corrected chi connectivity index (χ2v) is 11.9. The smallest absolute Gasteiger partial charge is 0.264 e. The number of hydrogen-bond acceptors (Lipinski definition) is 6. The van der Waals surface area contributed by atoms with Crippen LogP contribution < -0.4 is 19.1 Å². The molecular weight excluding hydrogens is 520 g/mol. The highest BCUT2D eigenvalue weighted by Gasteiger charge is 2.30. The van der Waals surface area contributed by atoms with E-state index in [9.17, 15) is 13.2 Å². The fraction of sp³-hybridized carbons (Fsp3) is 0.345. The van der Waals surface area contributed by atoms with E-state index in [4.69, 9.17) is 9.47 Å². The van der Waals surface area contributed by atoms with E-state index in [1.807, 2.05) is 37.4 Å². The van der Waals surface area contributed by atoms with Gasteiger partial charge in [-0.05, 0) is 79.6 Å². The summed E-state index contributed by atoms with van der Waals surface area (Å²) < 4.78 is 39.9. The van der Waals surface area contributed by atoms with Gasteiger partial charge in [-0.2, -0.15) is 0 Å². The van der Waals surface area contributed by atoms with Crippen molar-refractivity contribution in [1.29, 1.82) is 0 Å². The molecule has 0 heterocycles. The lowest BCUT2D eigenvalue weighted by atomic mass is 9.97. The van der Waals surface area contributed by atoms with Gasteiger partial charge in [0, 0.05) is 4.90 Å². The average molecular weight is 557 g/mol. The Kier molecular flexibility index (Phi) is 10.5. The van der Waals surface area contributed by atoms with Crippen LogP contribution in [0.4, 0.5) is 5.69 Å². The van der Waals surface area contributed by atoms with Crippen LogP contribution in [0.1, 0.15) is 38.8 Å². The molecule has 3 aromatic carbocycles. The van der Waals surface area contributed by atoms with E-state index in [1.165, 1.54) is 11.8 Å². The minimum atomic E-state index is -4.08. The summed E-state index contributed by atoms with van der Waals surface area (Å²) in [6, 6.07) is 20.7. The Balaban J connectivity index is 1.97. The maximum Gasteiger partial charge on any atom is 0.264 e. The zero-order chi connectivity index (χ0) is 27.7. The van der Waals surface area contributed by atoms with E-state index in [0.717, 1.165) is 20.5 Å². The predicted molar refractivity (Wildman–Crippen MR) is 154 cm³/mol. The highest BCUT2D eigenvalue weighted by atomic mass is 32.2. The van der Waals surface area contributed by atoms with Gasteiger partial charge in [0.15, 0.2) is 0 Å². The summed E-state index contributed by atoms with van der Waals surface area (Å²) in [5, 5.41) is 3.07. The first-order valence-corrected chi connectivity index (χ1v) is 15.2. The normalized spacial score (nSPS) is 12.2. The highest BCUT2D eigenvalue weighted by molar-refractivity contribution is 7.98. The van der Waals surface area contributed by atoms with Crippen LogP contribution in [0.25, 0.3) is 0 Å². The van der Waals surface area contributed by atoms with Crippen LogP contribution >= 0.6 is 11.8 Å². The number of carbonyl (C=O) groups is 1.